The highest BCUT2D eigenvalue weighted by Crippen LogP contribution is 2.24. The van der Waals surface area contributed by atoms with Crippen LogP contribution in [0.2, 0.25) is 0 Å². The first-order chi connectivity index (χ1) is 12.1. The summed E-state index contributed by atoms with van der Waals surface area (Å²) in [7, 11) is 3.10. The molecule has 1 N–H and O–H groups in total. The molecule has 7 nitrogen and oxygen atoms in total. The molecular formula is C18H19N5O2. The van der Waals surface area contributed by atoms with Gasteiger partial charge in [-0.05, 0) is 17.6 Å². The number of aromatic amines is 1. The third-order valence-corrected chi connectivity index (χ3v) is 4.68. The summed E-state index contributed by atoms with van der Waals surface area (Å²) >= 11 is 0. The van der Waals surface area contributed by atoms with E-state index in [1.807, 2.05) is 18.2 Å². The number of aryl methyl sites for hydroxylation is 1. The molecule has 1 aliphatic rings. The minimum absolute atomic E-state index is 0.354. The average molecular weight is 337 g/mol. The summed E-state index contributed by atoms with van der Waals surface area (Å²) in [5.74, 6) is 0.620. The fourth-order valence-electron chi connectivity index (χ4n) is 3.25. The molecule has 1 aliphatic heterocycles. The summed E-state index contributed by atoms with van der Waals surface area (Å²) < 4.78 is 2.49. The van der Waals surface area contributed by atoms with Crippen molar-refractivity contribution < 1.29 is 0 Å². The molecule has 3 aromatic rings. The number of H-pyrrole nitrogens is 1. The van der Waals surface area contributed by atoms with Gasteiger partial charge >= 0.3 is 5.69 Å². The zero-order chi connectivity index (χ0) is 17.6. The minimum atomic E-state index is -0.376. The molecular weight excluding hydrogens is 318 g/mol. The van der Waals surface area contributed by atoms with Crippen LogP contribution in [0.25, 0.3) is 16.7 Å². The second-order valence-electron chi connectivity index (χ2n) is 6.27. The molecule has 0 saturated carbocycles. The molecule has 25 heavy (non-hydrogen) atoms. The fraction of sp³-hybridized carbons (Fsp3) is 0.278. The summed E-state index contributed by atoms with van der Waals surface area (Å²) in [5, 5.41) is 0. The Bertz CT molecular complexity index is 1090. The molecule has 7 heteroatoms. The van der Waals surface area contributed by atoms with E-state index in [4.69, 9.17) is 0 Å². The Labute approximate surface area is 143 Å². The number of anilines is 1. The minimum Gasteiger partial charge on any atom is -0.338 e. The second-order valence-corrected chi connectivity index (χ2v) is 6.27. The summed E-state index contributed by atoms with van der Waals surface area (Å²) in [6, 6.07) is 10.2. The zero-order valence-electron chi connectivity index (χ0n) is 14.2. The molecule has 0 radical (unpaired) electrons. The van der Waals surface area contributed by atoms with Crippen molar-refractivity contribution in [3.8, 4) is 0 Å². The SMILES string of the molecule is Cn1c(=O)c2[nH]c(N3CCC=C(c4ccccc4)C3)nc2n(C)c1=O. The van der Waals surface area contributed by atoms with Crippen molar-refractivity contribution >= 4 is 22.7 Å². The zero-order valence-corrected chi connectivity index (χ0v) is 14.2. The van der Waals surface area contributed by atoms with Gasteiger partial charge in [-0.3, -0.25) is 13.9 Å². The van der Waals surface area contributed by atoms with E-state index in [9.17, 15) is 9.59 Å². The van der Waals surface area contributed by atoms with Crippen molar-refractivity contribution in [1.82, 2.24) is 19.1 Å². The standard InChI is InChI=1S/C18H19N5O2/c1-21-15-14(16(24)22(2)18(21)25)19-17(20-15)23-10-6-9-13(11-23)12-7-4-3-5-8-12/h3-5,7-9H,6,10-11H2,1-2H3,(H,19,20). The van der Waals surface area contributed by atoms with Crippen LogP contribution in [0.3, 0.4) is 0 Å². The maximum absolute atomic E-state index is 12.3. The van der Waals surface area contributed by atoms with Crippen molar-refractivity contribution in [2.45, 2.75) is 6.42 Å². The number of benzene rings is 1. The quantitative estimate of drug-likeness (QED) is 0.764. The van der Waals surface area contributed by atoms with Gasteiger partial charge in [-0.15, -0.1) is 0 Å². The topological polar surface area (TPSA) is 75.9 Å². The monoisotopic (exact) mass is 337 g/mol. The van der Waals surface area contributed by atoms with Crippen LogP contribution in [0.15, 0.2) is 46.0 Å². The second kappa shape index (κ2) is 5.77. The van der Waals surface area contributed by atoms with E-state index < -0.39 is 0 Å². The van der Waals surface area contributed by atoms with Gasteiger partial charge in [-0.1, -0.05) is 36.4 Å². The van der Waals surface area contributed by atoms with Crippen LogP contribution in [-0.4, -0.2) is 32.2 Å². The van der Waals surface area contributed by atoms with E-state index in [1.54, 1.807) is 7.05 Å². The third-order valence-electron chi connectivity index (χ3n) is 4.68. The summed E-state index contributed by atoms with van der Waals surface area (Å²) in [4.78, 5) is 34.1. The molecule has 3 heterocycles. The van der Waals surface area contributed by atoms with Crippen molar-refractivity contribution in [3.63, 3.8) is 0 Å². The molecule has 1 aromatic carbocycles. The van der Waals surface area contributed by atoms with Crippen LogP contribution in [-0.2, 0) is 14.1 Å². The van der Waals surface area contributed by atoms with Gasteiger partial charge in [0.1, 0.15) is 0 Å². The largest absolute Gasteiger partial charge is 0.338 e. The smallest absolute Gasteiger partial charge is 0.332 e. The number of nitrogens with zero attached hydrogens (tertiary/aromatic N) is 4. The molecule has 0 bridgehead atoms. The molecule has 4 rings (SSSR count). The van der Waals surface area contributed by atoms with E-state index in [0.29, 0.717) is 23.7 Å². The van der Waals surface area contributed by atoms with Gasteiger partial charge in [0.05, 0.1) is 0 Å². The molecule has 2 aromatic heterocycles. The number of aromatic nitrogens is 4. The fourth-order valence-corrected chi connectivity index (χ4v) is 3.25. The maximum atomic E-state index is 12.3. The van der Waals surface area contributed by atoms with Crippen LogP contribution in [0, 0.1) is 0 Å². The van der Waals surface area contributed by atoms with Gasteiger partial charge in [0.15, 0.2) is 11.2 Å². The highest BCUT2D eigenvalue weighted by molar-refractivity contribution is 5.75. The first-order valence-electron chi connectivity index (χ1n) is 8.21. The Balaban J connectivity index is 1.75. The highest BCUT2D eigenvalue weighted by Gasteiger charge is 2.20. The Morgan fingerprint density at radius 2 is 1.84 bits per heavy atom. The molecule has 0 atom stereocenters. The van der Waals surface area contributed by atoms with Gasteiger partial charge < -0.3 is 9.88 Å². The summed E-state index contributed by atoms with van der Waals surface area (Å²) in [6.45, 7) is 1.52. The Morgan fingerprint density at radius 3 is 2.60 bits per heavy atom. The number of fused-ring (bicyclic) bond motifs is 1. The third kappa shape index (κ3) is 2.48. The van der Waals surface area contributed by atoms with Crippen LogP contribution in [0.4, 0.5) is 5.95 Å². The lowest BCUT2D eigenvalue weighted by Gasteiger charge is -2.27. The Morgan fingerprint density at radius 1 is 1.08 bits per heavy atom. The molecule has 0 aliphatic carbocycles. The molecule has 0 unspecified atom stereocenters. The predicted molar refractivity (Wildman–Crippen MR) is 97.8 cm³/mol. The van der Waals surface area contributed by atoms with Crippen molar-refractivity contribution in [2.24, 2.45) is 14.1 Å². The van der Waals surface area contributed by atoms with E-state index in [2.05, 4.69) is 33.1 Å². The van der Waals surface area contributed by atoms with Crippen LogP contribution in [0.1, 0.15) is 12.0 Å². The molecule has 0 amide bonds. The van der Waals surface area contributed by atoms with Crippen molar-refractivity contribution in [3.05, 3.63) is 62.8 Å². The first kappa shape index (κ1) is 15.4. The van der Waals surface area contributed by atoms with Crippen molar-refractivity contribution in [1.29, 1.82) is 0 Å². The molecule has 0 saturated heterocycles. The van der Waals surface area contributed by atoms with E-state index in [-0.39, 0.29) is 11.2 Å². The first-order valence-corrected chi connectivity index (χ1v) is 8.21. The number of hydrogen-bond acceptors (Lipinski definition) is 4. The van der Waals surface area contributed by atoms with Crippen LogP contribution < -0.4 is 16.1 Å². The maximum Gasteiger partial charge on any atom is 0.332 e. The lowest BCUT2D eigenvalue weighted by atomic mass is 10.0. The predicted octanol–water partition coefficient (Wildman–Crippen LogP) is 1.25. The van der Waals surface area contributed by atoms with Gasteiger partial charge in [-0.2, -0.15) is 4.98 Å². The summed E-state index contributed by atoms with van der Waals surface area (Å²) in [5.41, 5.74) is 2.43. The van der Waals surface area contributed by atoms with E-state index >= 15 is 0 Å². The van der Waals surface area contributed by atoms with Gasteiger partial charge in [0.2, 0.25) is 5.95 Å². The van der Waals surface area contributed by atoms with Gasteiger partial charge in [0, 0.05) is 27.2 Å². The number of imidazole rings is 1. The number of rotatable bonds is 2. The normalized spacial score (nSPS) is 14.8. The molecule has 0 fully saturated rings. The average Bonchev–Trinajstić information content (AvgIpc) is 3.11. The lowest BCUT2D eigenvalue weighted by molar-refractivity contribution is 0.708. The van der Waals surface area contributed by atoms with Gasteiger partial charge in [0.25, 0.3) is 5.56 Å². The number of nitrogens with one attached hydrogen (secondary N) is 1. The number of hydrogen-bond donors (Lipinski definition) is 1. The van der Waals surface area contributed by atoms with Crippen LogP contribution >= 0.6 is 0 Å². The summed E-state index contributed by atoms with van der Waals surface area (Å²) in [6.07, 6.45) is 3.14. The Kier molecular flexibility index (Phi) is 3.56. The molecule has 128 valence electrons. The Hall–Kier alpha value is -3.09. The van der Waals surface area contributed by atoms with Crippen LogP contribution in [0.5, 0.6) is 0 Å². The van der Waals surface area contributed by atoms with Crippen molar-refractivity contribution in [2.75, 3.05) is 18.0 Å². The van der Waals surface area contributed by atoms with E-state index in [0.717, 1.165) is 17.5 Å². The lowest BCUT2D eigenvalue weighted by Crippen LogP contribution is -2.36. The van der Waals surface area contributed by atoms with E-state index in [1.165, 1.54) is 22.8 Å². The van der Waals surface area contributed by atoms with Gasteiger partial charge in [-0.25, -0.2) is 4.79 Å². The molecule has 0 spiro atoms. The highest BCUT2D eigenvalue weighted by atomic mass is 16.2.